The molecule has 1 fully saturated rings. The molecule has 110 valence electrons. The number of hydrogen-bond acceptors (Lipinski definition) is 4. The van der Waals surface area contributed by atoms with Crippen LogP contribution in [0.15, 0.2) is 18.2 Å². The fourth-order valence-corrected chi connectivity index (χ4v) is 1.95. The molecule has 0 saturated heterocycles. The summed E-state index contributed by atoms with van der Waals surface area (Å²) in [6, 6.07) is 5.59. The molecule has 0 spiro atoms. The summed E-state index contributed by atoms with van der Waals surface area (Å²) in [5, 5.41) is 15.9. The molecular weight excluding hydrogens is 256 g/mol. The first-order valence-electron chi connectivity index (χ1n) is 7.05. The highest BCUT2D eigenvalue weighted by atomic mass is 16.5. The fraction of sp³-hybridized carbons (Fsp3) is 0.533. The Bertz CT molecular complexity index is 458. The van der Waals surface area contributed by atoms with Crippen LogP contribution in [0.25, 0.3) is 0 Å². The lowest BCUT2D eigenvalue weighted by atomic mass is 10.2. The van der Waals surface area contributed by atoms with E-state index in [-0.39, 0.29) is 11.7 Å². The maximum Gasteiger partial charge on any atom is 0.220 e. The molecule has 1 saturated carbocycles. The van der Waals surface area contributed by atoms with E-state index in [9.17, 15) is 9.90 Å². The molecule has 1 amide bonds. The molecule has 1 aromatic rings. The Kier molecular flexibility index (Phi) is 5.24. The molecule has 2 rings (SSSR count). The van der Waals surface area contributed by atoms with Crippen molar-refractivity contribution < 1.29 is 14.6 Å². The summed E-state index contributed by atoms with van der Waals surface area (Å²) in [4.78, 5) is 11.5. The third kappa shape index (κ3) is 4.74. The highest BCUT2D eigenvalue weighted by molar-refractivity contribution is 5.76. The maximum atomic E-state index is 11.5. The summed E-state index contributed by atoms with van der Waals surface area (Å²) < 4.78 is 5.12. The number of phenolic OH excluding ortho intramolecular Hbond substituents is 1. The summed E-state index contributed by atoms with van der Waals surface area (Å²) >= 11 is 0. The highest BCUT2D eigenvalue weighted by Gasteiger charge is 2.22. The molecule has 1 aromatic carbocycles. The quantitative estimate of drug-likeness (QED) is 0.631. The Morgan fingerprint density at radius 2 is 2.25 bits per heavy atom. The van der Waals surface area contributed by atoms with E-state index < -0.39 is 0 Å². The number of aromatic hydroxyl groups is 1. The number of benzene rings is 1. The molecule has 0 radical (unpaired) electrons. The van der Waals surface area contributed by atoms with Gasteiger partial charge in [-0.25, -0.2) is 0 Å². The number of hydrogen-bond donors (Lipinski definition) is 3. The van der Waals surface area contributed by atoms with E-state index >= 15 is 0 Å². The molecule has 1 aliphatic carbocycles. The minimum absolute atomic E-state index is 0.138. The second-order valence-corrected chi connectivity index (χ2v) is 5.12. The van der Waals surface area contributed by atoms with Gasteiger partial charge < -0.3 is 20.5 Å². The van der Waals surface area contributed by atoms with Crippen molar-refractivity contribution in [3.63, 3.8) is 0 Å². The van der Waals surface area contributed by atoms with Crippen molar-refractivity contribution in [3.05, 3.63) is 23.8 Å². The van der Waals surface area contributed by atoms with Crippen molar-refractivity contribution in [1.29, 1.82) is 0 Å². The van der Waals surface area contributed by atoms with Crippen LogP contribution in [0.1, 0.15) is 31.2 Å². The summed E-state index contributed by atoms with van der Waals surface area (Å²) in [7, 11) is 1.60. The number of methoxy groups -OCH3 is 1. The number of carbonyl (C=O) groups excluding carboxylic acids is 1. The lowest BCUT2D eigenvalue weighted by molar-refractivity contribution is -0.121. The number of phenols is 1. The Labute approximate surface area is 119 Å². The van der Waals surface area contributed by atoms with Crippen molar-refractivity contribution in [2.45, 2.75) is 38.3 Å². The summed E-state index contributed by atoms with van der Waals surface area (Å²) in [5.41, 5.74) is 0.798. The first-order valence-corrected chi connectivity index (χ1v) is 7.05. The average Bonchev–Trinajstić information content (AvgIpc) is 3.24. The number of carbonyl (C=O) groups is 1. The highest BCUT2D eigenvalue weighted by Crippen LogP contribution is 2.22. The molecular formula is C15H22N2O3. The summed E-state index contributed by atoms with van der Waals surface area (Å²) in [5.74, 6) is 1.12. The lowest BCUT2D eigenvalue weighted by Crippen LogP contribution is -2.26. The monoisotopic (exact) mass is 278 g/mol. The average molecular weight is 278 g/mol. The van der Waals surface area contributed by atoms with Gasteiger partial charge in [-0.15, -0.1) is 0 Å². The largest absolute Gasteiger partial charge is 0.508 e. The predicted octanol–water partition coefficient (Wildman–Crippen LogP) is 1.55. The third-order valence-electron chi connectivity index (χ3n) is 3.30. The number of rotatable bonds is 8. The van der Waals surface area contributed by atoms with Crippen LogP contribution in [0.3, 0.4) is 0 Å². The zero-order valence-electron chi connectivity index (χ0n) is 11.8. The van der Waals surface area contributed by atoms with Crippen LogP contribution >= 0.6 is 0 Å². The van der Waals surface area contributed by atoms with Gasteiger partial charge in [-0.2, -0.15) is 0 Å². The molecule has 3 N–H and O–H groups in total. The molecule has 5 nitrogen and oxygen atoms in total. The van der Waals surface area contributed by atoms with E-state index in [0.29, 0.717) is 19.0 Å². The van der Waals surface area contributed by atoms with Gasteiger partial charge in [-0.1, -0.05) is 0 Å². The van der Waals surface area contributed by atoms with Crippen molar-refractivity contribution >= 4 is 5.91 Å². The fourth-order valence-electron chi connectivity index (χ4n) is 1.95. The predicted molar refractivity (Wildman–Crippen MR) is 76.8 cm³/mol. The van der Waals surface area contributed by atoms with Gasteiger partial charge in [-0.3, -0.25) is 4.79 Å². The molecule has 5 heteroatoms. The molecule has 1 aliphatic rings. The van der Waals surface area contributed by atoms with Gasteiger partial charge in [-0.05, 0) is 44.0 Å². The minimum atomic E-state index is 0.138. The molecule has 20 heavy (non-hydrogen) atoms. The van der Waals surface area contributed by atoms with Gasteiger partial charge >= 0.3 is 0 Å². The second kappa shape index (κ2) is 7.14. The minimum Gasteiger partial charge on any atom is -0.508 e. The molecule has 0 heterocycles. The lowest BCUT2D eigenvalue weighted by Gasteiger charge is -2.09. The molecule has 0 atom stereocenters. The Morgan fingerprint density at radius 1 is 1.45 bits per heavy atom. The van der Waals surface area contributed by atoms with Gasteiger partial charge in [0.2, 0.25) is 5.91 Å². The van der Waals surface area contributed by atoms with Crippen LogP contribution in [0.4, 0.5) is 0 Å². The molecule has 0 unspecified atom stereocenters. The van der Waals surface area contributed by atoms with E-state index in [4.69, 9.17) is 4.74 Å². The molecule has 0 aliphatic heterocycles. The van der Waals surface area contributed by atoms with Gasteiger partial charge in [0.25, 0.3) is 0 Å². The van der Waals surface area contributed by atoms with E-state index in [1.165, 1.54) is 0 Å². The van der Waals surface area contributed by atoms with Crippen molar-refractivity contribution in [1.82, 2.24) is 10.6 Å². The smallest absolute Gasteiger partial charge is 0.220 e. The topological polar surface area (TPSA) is 70.6 Å². The van der Waals surface area contributed by atoms with E-state index in [1.54, 1.807) is 19.2 Å². The van der Waals surface area contributed by atoms with Crippen molar-refractivity contribution in [3.8, 4) is 11.5 Å². The van der Waals surface area contributed by atoms with Gasteiger partial charge in [0.05, 0.1) is 7.11 Å². The van der Waals surface area contributed by atoms with E-state index in [2.05, 4.69) is 10.6 Å². The van der Waals surface area contributed by atoms with Gasteiger partial charge in [0.1, 0.15) is 11.5 Å². The first kappa shape index (κ1) is 14.7. The summed E-state index contributed by atoms with van der Waals surface area (Å²) in [6.07, 6.45) is 3.59. The van der Waals surface area contributed by atoms with Crippen LogP contribution < -0.4 is 15.4 Å². The van der Waals surface area contributed by atoms with Gasteiger partial charge in [0, 0.05) is 24.6 Å². The maximum absolute atomic E-state index is 11.5. The van der Waals surface area contributed by atoms with Gasteiger partial charge in [0.15, 0.2) is 0 Å². The zero-order valence-corrected chi connectivity index (χ0v) is 11.8. The van der Waals surface area contributed by atoms with E-state index in [1.807, 2.05) is 6.07 Å². The Morgan fingerprint density at radius 3 is 2.95 bits per heavy atom. The number of nitrogens with one attached hydrogen (secondary N) is 2. The van der Waals surface area contributed by atoms with Crippen molar-refractivity contribution in [2.24, 2.45) is 0 Å². The van der Waals surface area contributed by atoms with E-state index in [0.717, 1.165) is 37.1 Å². The molecule has 0 bridgehead atoms. The van der Waals surface area contributed by atoms with Crippen LogP contribution in [0.2, 0.25) is 0 Å². The Balaban J connectivity index is 1.63. The van der Waals surface area contributed by atoms with Crippen LogP contribution in [0, 0.1) is 0 Å². The summed E-state index contributed by atoms with van der Waals surface area (Å²) in [6.45, 7) is 1.31. The normalized spacial score (nSPS) is 14.1. The zero-order chi connectivity index (χ0) is 14.4. The second-order valence-electron chi connectivity index (χ2n) is 5.12. The van der Waals surface area contributed by atoms with Crippen LogP contribution in [-0.2, 0) is 11.3 Å². The van der Waals surface area contributed by atoms with Crippen molar-refractivity contribution in [2.75, 3.05) is 13.7 Å². The van der Waals surface area contributed by atoms with Crippen LogP contribution in [0.5, 0.6) is 11.5 Å². The van der Waals surface area contributed by atoms with Crippen LogP contribution in [-0.4, -0.2) is 30.7 Å². The third-order valence-corrected chi connectivity index (χ3v) is 3.30. The molecule has 0 aromatic heterocycles. The first-order chi connectivity index (χ1) is 9.69. The number of ether oxygens (including phenoxy) is 1. The standard InChI is InChI=1S/C15H22N2O3/c1-20-13-6-7-14(18)11(9-13)10-16-8-2-3-15(19)17-12-4-5-12/h6-7,9,12,16,18H,2-5,8,10H2,1H3,(H,17,19). The Hall–Kier alpha value is -1.75. The number of amides is 1. The SMILES string of the molecule is COc1ccc(O)c(CNCCCC(=O)NC2CC2)c1.